The van der Waals surface area contributed by atoms with Crippen LogP contribution in [0.15, 0.2) is 54.6 Å². The first-order valence-corrected chi connectivity index (χ1v) is 8.65. The van der Waals surface area contributed by atoms with Gasteiger partial charge in [0, 0.05) is 13.1 Å². The van der Waals surface area contributed by atoms with Gasteiger partial charge in [-0.15, -0.1) is 12.4 Å². The van der Waals surface area contributed by atoms with Gasteiger partial charge in [0.15, 0.2) is 6.61 Å². The second-order valence-corrected chi connectivity index (χ2v) is 6.48. The van der Waals surface area contributed by atoms with Crippen LogP contribution in [0.5, 0.6) is 5.75 Å². The summed E-state index contributed by atoms with van der Waals surface area (Å²) in [5, 5.41) is 2.87. The minimum Gasteiger partial charge on any atom is -0.482 e. The molecule has 0 aliphatic carbocycles. The highest BCUT2D eigenvalue weighted by Gasteiger charge is 2.30. The number of nitrogens with one attached hydrogen (secondary N) is 1. The largest absolute Gasteiger partial charge is 0.482 e. The molecule has 0 saturated heterocycles. The number of halogens is 1. The Hall–Kier alpha value is -2.57. The van der Waals surface area contributed by atoms with Crippen LogP contribution in [0.25, 0.3) is 0 Å². The summed E-state index contributed by atoms with van der Waals surface area (Å²) in [4.78, 5) is 26.3. The van der Waals surface area contributed by atoms with Crippen molar-refractivity contribution in [2.75, 3.05) is 24.6 Å². The number of carbonyl (C=O) groups is 2. The molecule has 3 rings (SSSR count). The predicted octanol–water partition coefficient (Wildman–Crippen LogP) is 2.21. The zero-order chi connectivity index (χ0) is 18.6. The lowest BCUT2D eigenvalue weighted by Crippen LogP contribution is -2.49. The van der Waals surface area contributed by atoms with Crippen molar-refractivity contribution in [2.24, 2.45) is 5.73 Å². The lowest BCUT2D eigenvalue weighted by molar-refractivity contribution is -0.126. The van der Waals surface area contributed by atoms with Crippen LogP contribution in [0, 0.1) is 0 Å². The third kappa shape index (κ3) is 4.59. The molecular weight excluding hydrogens is 366 g/mol. The Labute approximate surface area is 165 Å². The molecule has 144 valence electrons. The summed E-state index contributed by atoms with van der Waals surface area (Å²) in [5.74, 6) is 0.384. The number of benzene rings is 2. The molecule has 1 aliphatic heterocycles. The van der Waals surface area contributed by atoms with Gasteiger partial charge in [0.1, 0.15) is 11.3 Å². The Morgan fingerprint density at radius 3 is 2.59 bits per heavy atom. The smallest absolute Gasteiger partial charge is 0.265 e. The highest BCUT2D eigenvalue weighted by atomic mass is 35.5. The summed E-state index contributed by atoms with van der Waals surface area (Å²) < 4.78 is 5.43. The number of hydrogen-bond donors (Lipinski definition) is 2. The minimum atomic E-state index is -1.09. The van der Waals surface area contributed by atoms with Crippen molar-refractivity contribution >= 4 is 29.9 Å². The number of amides is 2. The molecule has 2 amide bonds. The Morgan fingerprint density at radius 2 is 1.85 bits per heavy atom. The minimum absolute atomic E-state index is 0. The lowest BCUT2D eigenvalue weighted by atomic mass is 9.92. The quantitative estimate of drug-likeness (QED) is 0.742. The average Bonchev–Trinajstić information content (AvgIpc) is 2.67. The van der Waals surface area contributed by atoms with Crippen LogP contribution in [0.1, 0.15) is 18.9 Å². The number of hydrogen-bond acceptors (Lipinski definition) is 4. The highest BCUT2D eigenvalue weighted by Crippen LogP contribution is 2.31. The Balaban J connectivity index is 0.00000261. The van der Waals surface area contributed by atoms with Crippen molar-refractivity contribution in [2.45, 2.75) is 18.9 Å². The second-order valence-electron chi connectivity index (χ2n) is 6.48. The molecule has 1 aliphatic rings. The molecule has 0 spiro atoms. The van der Waals surface area contributed by atoms with E-state index in [0.29, 0.717) is 25.3 Å². The van der Waals surface area contributed by atoms with Crippen molar-refractivity contribution in [1.29, 1.82) is 0 Å². The normalized spacial score (nSPS) is 15.0. The van der Waals surface area contributed by atoms with Gasteiger partial charge < -0.3 is 20.7 Å². The van der Waals surface area contributed by atoms with E-state index in [2.05, 4.69) is 5.32 Å². The van der Waals surface area contributed by atoms with Gasteiger partial charge in [-0.25, -0.2) is 0 Å². The molecule has 2 aromatic rings. The van der Waals surface area contributed by atoms with Crippen molar-refractivity contribution in [3.63, 3.8) is 0 Å². The van der Waals surface area contributed by atoms with E-state index in [-0.39, 0.29) is 30.8 Å². The highest BCUT2D eigenvalue weighted by molar-refractivity contribution is 5.97. The van der Waals surface area contributed by atoms with Gasteiger partial charge in [-0.2, -0.15) is 0 Å². The molecule has 6 nitrogen and oxygen atoms in total. The monoisotopic (exact) mass is 389 g/mol. The molecular formula is C20H24ClN3O3. The number of nitrogens with two attached hydrogens (primary N) is 1. The number of carbonyl (C=O) groups excluding carboxylic acids is 2. The first-order valence-electron chi connectivity index (χ1n) is 8.65. The summed E-state index contributed by atoms with van der Waals surface area (Å²) >= 11 is 0. The van der Waals surface area contributed by atoms with Crippen molar-refractivity contribution < 1.29 is 14.3 Å². The standard InChI is InChI=1S/C20H23N3O3.ClH/c1-20(21,15-8-3-2-4-9-15)19(25)22-12-7-13-23-16-10-5-6-11-17(16)26-14-18(23)24;/h2-6,8-11H,7,12-14,21H2,1H3,(H,22,25);1H. The summed E-state index contributed by atoms with van der Waals surface area (Å²) in [6, 6.07) is 16.7. The Morgan fingerprint density at radius 1 is 1.19 bits per heavy atom. The van der Waals surface area contributed by atoms with Gasteiger partial charge in [-0.05, 0) is 31.0 Å². The third-order valence-corrected chi connectivity index (χ3v) is 4.50. The summed E-state index contributed by atoms with van der Waals surface area (Å²) in [5.41, 5.74) is 6.63. The van der Waals surface area contributed by atoms with Gasteiger partial charge in [0.2, 0.25) is 5.91 Å². The predicted molar refractivity (Wildman–Crippen MR) is 107 cm³/mol. The molecule has 27 heavy (non-hydrogen) atoms. The fourth-order valence-electron chi connectivity index (χ4n) is 2.94. The lowest BCUT2D eigenvalue weighted by Gasteiger charge is -2.29. The van der Waals surface area contributed by atoms with Gasteiger partial charge in [0.25, 0.3) is 5.91 Å². The fraction of sp³-hybridized carbons (Fsp3) is 0.300. The average molecular weight is 390 g/mol. The van der Waals surface area contributed by atoms with Crippen molar-refractivity contribution in [3.05, 3.63) is 60.2 Å². The van der Waals surface area contributed by atoms with Gasteiger partial charge in [-0.3, -0.25) is 9.59 Å². The molecule has 1 atom stereocenters. The molecule has 1 unspecified atom stereocenters. The van der Waals surface area contributed by atoms with Gasteiger partial charge in [-0.1, -0.05) is 42.5 Å². The number of para-hydroxylation sites is 2. The van der Waals surface area contributed by atoms with Crippen LogP contribution in [-0.2, 0) is 15.1 Å². The molecule has 0 radical (unpaired) electrons. The molecule has 2 aromatic carbocycles. The number of rotatable bonds is 6. The zero-order valence-electron chi connectivity index (χ0n) is 15.2. The van der Waals surface area contributed by atoms with Crippen LogP contribution >= 0.6 is 12.4 Å². The zero-order valence-corrected chi connectivity index (χ0v) is 16.0. The molecule has 3 N–H and O–H groups in total. The molecule has 0 fully saturated rings. The van der Waals surface area contributed by atoms with Crippen LogP contribution in [0.3, 0.4) is 0 Å². The summed E-state index contributed by atoms with van der Waals surface area (Å²) in [7, 11) is 0. The van der Waals surface area contributed by atoms with E-state index in [1.807, 2.05) is 54.6 Å². The molecule has 0 saturated carbocycles. The Bertz CT molecular complexity index is 796. The van der Waals surface area contributed by atoms with Crippen LogP contribution in [-0.4, -0.2) is 31.5 Å². The molecule has 0 bridgehead atoms. The van der Waals surface area contributed by atoms with Crippen LogP contribution in [0.4, 0.5) is 5.69 Å². The van der Waals surface area contributed by atoms with E-state index >= 15 is 0 Å². The maximum absolute atomic E-state index is 12.4. The van der Waals surface area contributed by atoms with Crippen molar-refractivity contribution in [3.8, 4) is 5.75 Å². The van der Waals surface area contributed by atoms with Crippen molar-refractivity contribution in [1.82, 2.24) is 5.32 Å². The van der Waals surface area contributed by atoms with E-state index in [4.69, 9.17) is 10.5 Å². The van der Waals surface area contributed by atoms with E-state index in [1.165, 1.54) is 0 Å². The summed E-state index contributed by atoms with van der Waals surface area (Å²) in [6.45, 7) is 2.68. The number of ether oxygens (including phenoxy) is 1. The molecule has 0 aromatic heterocycles. The topological polar surface area (TPSA) is 84.7 Å². The van der Waals surface area contributed by atoms with E-state index in [0.717, 1.165) is 11.3 Å². The van der Waals surface area contributed by atoms with Crippen LogP contribution < -0.4 is 20.7 Å². The maximum Gasteiger partial charge on any atom is 0.265 e. The maximum atomic E-state index is 12.4. The van der Waals surface area contributed by atoms with Crippen LogP contribution in [0.2, 0.25) is 0 Å². The van der Waals surface area contributed by atoms with E-state index in [9.17, 15) is 9.59 Å². The first kappa shape index (κ1) is 20.7. The molecule has 7 heteroatoms. The molecule has 1 heterocycles. The van der Waals surface area contributed by atoms with E-state index < -0.39 is 5.54 Å². The number of nitrogens with zero attached hydrogens (tertiary/aromatic N) is 1. The Kier molecular flexibility index (Phi) is 6.82. The van der Waals surface area contributed by atoms with Gasteiger partial charge in [0.05, 0.1) is 5.69 Å². The third-order valence-electron chi connectivity index (χ3n) is 4.50. The first-order chi connectivity index (χ1) is 12.5. The second kappa shape index (κ2) is 8.88. The SMILES string of the molecule is CC(N)(C(=O)NCCCN1C(=O)COc2ccccc21)c1ccccc1.Cl. The summed E-state index contributed by atoms with van der Waals surface area (Å²) in [6.07, 6.45) is 0.622. The number of fused-ring (bicyclic) bond motifs is 1. The fourth-order valence-corrected chi connectivity index (χ4v) is 2.94. The number of anilines is 1. The van der Waals surface area contributed by atoms with Gasteiger partial charge >= 0.3 is 0 Å². The van der Waals surface area contributed by atoms with E-state index in [1.54, 1.807) is 11.8 Å².